The van der Waals surface area contributed by atoms with Crippen molar-refractivity contribution in [3.05, 3.63) is 101 Å². The van der Waals surface area contributed by atoms with E-state index in [-0.39, 0.29) is 5.91 Å². The van der Waals surface area contributed by atoms with E-state index in [9.17, 15) is 4.79 Å². The molecule has 2 N–H and O–H groups in total. The summed E-state index contributed by atoms with van der Waals surface area (Å²) in [6, 6.07) is 27.6. The maximum absolute atomic E-state index is 13.0. The molecule has 0 spiro atoms. The van der Waals surface area contributed by atoms with Gasteiger partial charge in [-0.15, -0.1) is 0 Å². The summed E-state index contributed by atoms with van der Waals surface area (Å²) in [7, 11) is 0. The number of carbonyl (C=O) groups is 1. The number of halogens is 1. The Balaban J connectivity index is 1.55. The molecule has 5 rings (SSSR count). The molecule has 152 valence electrons. The van der Waals surface area contributed by atoms with E-state index in [1.165, 1.54) is 5.56 Å². The van der Waals surface area contributed by atoms with Crippen molar-refractivity contribution >= 4 is 39.3 Å². The molecule has 0 bridgehead atoms. The number of fused-ring (bicyclic) bond motifs is 3. The maximum Gasteiger partial charge on any atom is 0.269 e. The smallest absolute Gasteiger partial charge is 0.269 e. The number of nitrogens with zero attached hydrogens (tertiary/aromatic N) is 1. The molecule has 0 aliphatic heterocycles. The van der Waals surface area contributed by atoms with Crippen LogP contribution >= 0.6 is 11.6 Å². The predicted octanol–water partition coefficient (Wildman–Crippen LogP) is 6.01. The summed E-state index contributed by atoms with van der Waals surface area (Å²) in [6.07, 6.45) is 0.767. The van der Waals surface area contributed by atoms with E-state index in [4.69, 9.17) is 16.6 Å². The fraction of sp³-hybridized carbons (Fsp3) is 0.0769. The van der Waals surface area contributed by atoms with E-state index in [1.807, 2.05) is 72.8 Å². The van der Waals surface area contributed by atoms with Crippen molar-refractivity contribution in [2.75, 3.05) is 6.54 Å². The first-order chi connectivity index (χ1) is 15.2. The van der Waals surface area contributed by atoms with Gasteiger partial charge in [-0.2, -0.15) is 0 Å². The van der Waals surface area contributed by atoms with Crippen LogP contribution in [0.5, 0.6) is 0 Å². The van der Waals surface area contributed by atoms with Crippen LogP contribution in [0.3, 0.4) is 0 Å². The third kappa shape index (κ3) is 3.90. The van der Waals surface area contributed by atoms with E-state index in [0.717, 1.165) is 33.8 Å². The Morgan fingerprint density at radius 2 is 1.71 bits per heavy atom. The number of H-pyrrole nitrogens is 1. The predicted molar refractivity (Wildman–Crippen MR) is 127 cm³/mol. The molecule has 1 amide bonds. The van der Waals surface area contributed by atoms with Crippen molar-refractivity contribution in [2.45, 2.75) is 6.42 Å². The number of para-hydroxylation sites is 1. The first-order valence-corrected chi connectivity index (χ1v) is 10.6. The molecule has 0 fully saturated rings. The Bertz CT molecular complexity index is 1390. The normalized spacial score (nSPS) is 11.1. The molecule has 0 atom stereocenters. The van der Waals surface area contributed by atoms with Crippen LogP contribution in [0, 0.1) is 0 Å². The summed E-state index contributed by atoms with van der Waals surface area (Å²) in [6.45, 7) is 0.545. The van der Waals surface area contributed by atoms with Gasteiger partial charge in [0.05, 0.1) is 11.2 Å². The molecule has 0 saturated heterocycles. The van der Waals surface area contributed by atoms with Crippen molar-refractivity contribution in [3.8, 4) is 11.3 Å². The molecule has 0 saturated carbocycles. The standard InChI is InChI=1S/C26H20ClN3O/c27-19-10-6-9-18(15-19)24-25-21(20-11-4-5-12-22(20)29-25)16-23(30-24)26(31)28-14-13-17-7-2-1-3-8-17/h1-12,15-16,29H,13-14H2,(H,28,31). The minimum Gasteiger partial charge on any atom is -0.353 e. The summed E-state index contributed by atoms with van der Waals surface area (Å²) < 4.78 is 0. The Morgan fingerprint density at radius 3 is 2.55 bits per heavy atom. The van der Waals surface area contributed by atoms with E-state index in [0.29, 0.717) is 23.0 Å². The van der Waals surface area contributed by atoms with Gasteiger partial charge in [0.1, 0.15) is 5.69 Å². The number of rotatable bonds is 5. The molecule has 0 unspecified atom stereocenters. The highest BCUT2D eigenvalue weighted by molar-refractivity contribution is 6.31. The molecule has 5 aromatic rings. The zero-order chi connectivity index (χ0) is 21.2. The average Bonchev–Trinajstić information content (AvgIpc) is 3.18. The van der Waals surface area contributed by atoms with Gasteiger partial charge in [-0.1, -0.05) is 72.3 Å². The molecular formula is C26H20ClN3O. The van der Waals surface area contributed by atoms with Crippen LogP contribution in [0.15, 0.2) is 84.9 Å². The zero-order valence-corrected chi connectivity index (χ0v) is 17.5. The van der Waals surface area contributed by atoms with Crippen molar-refractivity contribution in [3.63, 3.8) is 0 Å². The van der Waals surface area contributed by atoms with Gasteiger partial charge in [0.25, 0.3) is 5.91 Å². The highest BCUT2D eigenvalue weighted by Gasteiger charge is 2.17. The Labute approximate surface area is 184 Å². The van der Waals surface area contributed by atoms with Gasteiger partial charge in [0.2, 0.25) is 0 Å². The van der Waals surface area contributed by atoms with Crippen LogP contribution in [-0.4, -0.2) is 22.4 Å². The second-order valence-corrected chi connectivity index (χ2v) is 7.89. The van der Waals surface area contributed by atoms with Crippen LogP contribution in [0.1, 0.15) is 16.1 Å². The monoisotopic (exact) mass is 425 g/mol. The lowest BCUT2D eigenvalue weighted by molar-refractivity contribution is 0.0949. The minimum absolute atomic E-state index is 0.189. The number of amides is 1. The second-order valence-electron chi connectivity index (χ2n) is 7.45. The average molecular weight is 426 g/mol. The lowest BCUT2D eigenvalue weighted by Gasteiger charge is -2.09. The third-order valence-electron chi connectivity index (χ3n) is 5.37. The van der Waals surface area contributed by atoms with Gasteiger partial charge in [-0.05, 0) is 36.2 Å². The van der Waals surface area contributed by atoms with Crippen LogP contribution < -0.4 is 5.32 Å². The first kappa shape index (κ1) is 19.3. The third-order valence-corrected chi connectivity index (χ3v) is 5.60. The van der Waals surface area contributed by atoms with Crippen LogP contribution in [0.25, 0.3) is 33.1 Å². The lowest BCUT2D eigenvalue weighted by atomic mass is 10.1. The molecule has 4 nitrogen and oxygen atoms in total. The Kier molecular flexibility index (Phi) is 5.14. The highest BCUT2D eigenvalue weighted by atomic mass is 35.5. The minimum atomic E-state index is -0.189. The summed E-state index contributed by atoms with van der Waals surface area (Å²) in [4.78, 5) is 21.2. The van der Waals surface area contributed by atoms with Gasteiger partial charge in [-0.25, -0.2) is 4.98 Å². The zero-order valence-electron chi connectivity index (χ0n) is 16.7. The molecule has 3 aromatic carbocycles. The van der Waals surface area contributed by atoms with Crippen molar-refractivity contribution in [2.24, 2.45) is 0 Å². The van der Waals surface area contributed by atoms with E-state index >= 15 is 0 Å². The Morgan fingerprint density at radius 1 is 0.903 bits per heavy atom. The van der Waals surface area contributed by atoms with Crippen molar-refractivity contribution < 1.29 is 4.79 Å². The van der Waals surface area contributed by atoms with Gasteiger partial charge in [0.15, 0.2) is 0 Å². The van der Waals surface area contributed by atoms with Gasteiger partial charge < -0.3 is 10.3 Å². The number of aromatic nitrogens is 2. The number of carbonyl (C=O) groups excluding carboxylic acids is 1. The Hall–Kier alpha value is -3.63. The van der Waals surface area contributed by atoms with Gasteiger partial charge in [0, 0.05) is 33.4 Å². The quantitative estimate of drug-likeness (QED) is 0.362. The van der Waals surface area contributed by atoms with E-state index in [2.05, 4.69) is 22.4 Å². The van der Waals surface area contributed by atoms with E-state index in [1.54, 1.807) is 0 Å². The number of benzene rings is 3. The summed E-state index contributed by atoms with van der Waals surface area (Å²) >= 11 is 6.24. The topological polar surface area (TPSA) is 57.8 Å². The highest BCUT2D eigenvalue weighted by Crippen LogP contribution is 2.33. The molecule has 0 aliphatic rings. The number of hydrogen-bond acceptors (Lipinski definition) is 2. The SMILES string of the molecule is O=C(NCCc1ccccc1)c1cc2c([nH]c3ccccc32)c(-c2cccc(Cl)c2)n1. The fourth-order valence-corrected chi connectivity index (χ4v) is 4.05. The van der Waals surface area contributed by atoms with Crippen LogP contribution in [-0.2, 0) is 6.42 Å². The molecule has 2 heterocycles. The molecule has 0 aliphatic carbocycles. The summed E-state index contributed by atoms with van der Waals surface area (Å²) in [5.74, 6) is -0.189. The van der Waals surface area contributed by atoms with Crippen LogP contribution in [0.4, 0.5) is 0 Å². The number of hydrogen-bond donors (Lipinski definition) is 2. The summed E-state index contributed by atoms with van der Waals surface area (Å²) in [5, 5.41) is 5.65. The van der Waals surface area contributed by atoms with Crippen molar-refractivity contribution in [1.82, 2.24) is 15.3 Å². The van der Waals surface area contributed by atoms with E-state index < -0.39 is 0 Å². The van der Waals surface area contributed by atoms with Gasteiger partial charge >= 0.3 is 0 Å². The molecule has 2 aromatic heterocycles. The second kappa shape index (κ2) is 8.25. The molecule has 5 heteroatoms. The lowest BCUT2D eigenvalue weighted by Crippen LogP contribution is -2.26. The van der Waals surface area contributed by atoms with Crippen molar-refractivity contribution in [1.29, 1.82) is 0 Å². The molecule has 31 heavy (non-hydrogen) atoms. The molecular weight excluding hydrogens is 406 g/mol. The maximum atomic E-state index is 13.0. The first-order valence-electron chi connectivity index (χ1n) is 10.2. The summed E-state index contributed by atoms with van der Waals surface area (Å²) in [5.41, 5.74) is 5.05. The fourth-order valence-electron chi connectivity index (χ4n) is 3.86. The molecule has 0 radical (unpaired) electrons. The van der Waals surface area contributed by atoms with Crippen LogP contribution in [0.2, 0.25) is 5.02 Å². The number of pyridine rings is 1. The largest absolute Gasteiger partial charge is 0.353 e. The van der Waals surface area contributed by atoms with Gasteiger partial charge in [-0.3, -0.25) is 4.79 Å². The number of aromatic amines is 1. The number of nitrogens with one attached hydrogen (secondary N) is 2.